The van der Waals surface area contributed by atoms with Gasteiger partial charge in [-0.15, -0.1) is 0 Å². The first-order chi connectivity index (χ1) is 5.36. The van der Waals surface area contributed by atoms with E-state index in [0.29, 0.717) is 5.92 Å². The molecule has 58 valence electrons. The van der Waals surface area contributed by atoms with E-state index in [0.717, 1.165) is 6.42 Å². The Balaban J connectivity index is 2.23. The molecule has 2 aliphatic heterocycles. The van der Waals surface area contributed by atoms with Gasteiger partial charge in [0, 0.05) is 5.92 Å². The van der Waals surface area contributed by atoms with Crippen LogP contribution < -0.4 is 0 Å². The van der Waals surface area contributed by atoms with Crippen molar-refractivity contribution in [1.29, 1.82) is 5.26 Å². The zero-order chi connectivity index (χ0) is 7.84. The van der Waals surface area contributed by atoms with E-state index in [1.54, 1.807) is 0 Å². The minimum Gasteiger partial charge on any atom is -0.365 e. The molecule has 2 aliphatic rings. The predicted octanol–water partition coefficient (Wildman–Crippen LogP) is 1.49. The zero-order valence-electron chi connectivity index (χ0n) is 6.53. The SMILES string of the molecule is CCC1C2C=CC(O2)C1C#N. The quantitative estimate of drug-likeness (QED) is 0.529. The fourth-order valence-corrected chi connectivity index (χ4v) is 2.04. The Labute approximate surface area is 66.5 Å². The van der Waals surface area contributed by atoms with E-state index in [9.17, 15) is 0 Å². The van der Waals surface area contributed by atoms with Crippen molar-refractivity contribution in [3.8, 4) is 6.07 Å². The van der Waals surface area contributed by atoms with E-state index in [2.05, 4.69) is 19.1 Å². The summed E-state index contributed by atoms with van der Waals surface area (Å²) in [4.78, 5) is 0. The third-order valence-electron chi connectivity index (χ3n) is 2.66. The van der Waals surface area contributed by atoms with Crippen molar-refractivity contribution >= 4 is 0 Å². The summed E-state index contributed by atoms with van der Waals surface area (Å²) in [6.07, 6.45) is 5.48. The van der Waals surface area contributed by atoms with Crippen LogP contribution in [0.1, 0.15) is 13.3 Å². The molecule has 2 heterocycles. The van der Waals surface area contributed by atoms with Gasteiger partial charge in [0.25, 0.3) is 0 Å². The van der Waals surface area contributed by atoms with E-state index < -0.39 is 0 Å². The van der Waals surface area contributed by atoms with E-state index in [1.807, 2.05) is 6.08 Å². The summed E-state index contributed by atoms with van der Waals surface area (Å²) in [6.45, 7) is 2.12. The summed E-state index contributed by atoms with van der Waals surface area (Å²) in [5.74, 6) is 0.546. The van der Waals surface area contributed by atoms with Gasteiger partial charge in [-0.3, -0.25) is 0 Å². The molecule has 2 nitrogen and oxygen atoms in total. The Hall–Kier alpha value is -0.810. The highest BCUT2D eigenvalue weighted by atomic mass is 16.5. The Morgan fingerprint density at radius 3 is 2.73 bits per heavy atom. The van der Waals surface area contributed by atoms with Crippen molar-refractivity contribution in [3.63, 3.8) is 0 Å². The largest absolute Gasteiger partial charge is 0.365 e. The third kappa shape index (κ3) is 0.812. The number of nitrogens with zero attached hydrogens (tertiary/aromatic N) is 1. The molecule has 2 heteroatoms. The summed E-state index contributed by atoms with van der Waals surface area (Å²) in [5, 5.41) is 8.83. The third-order valence-corrected chi connectivity index (χ3v) is 2.66. The first-order valence-corrected chi connectivity index (χ1v) is 4.10. The summed E-state index contributed by atoms with van der Waals surface area (Å²) in [6, 6.07) is 2.32. The molecule has 2 bridgehead atoms. The van der Waals surface area contributed by atoms with Gasteiger partial charge in [-0.2, -0.15) is 5.26 Å². The molecule has 1 saturated heterocycles. The number of hydrogen-bond acceptors (Lipinski definition) is 2. The molecular weight excluding hydrogens is 138 g/mol. The molecule has 0 spiro atoms. The van der Waals surface area contributed by atoms with Crippen LogP contribution in [0, 0.1) is 23.2 Å². The fourth-order valence-electron chi connectivity index (χ4n) is 2.04. The molecule has 4 atom stereocenters. The standard InChI is InChI=1S/C9H11NO/c1-2-6-7(5-10)9-4-3-8(6)11-9/h3-4,6-9H,2H2,1H3. The number of ether oxygens (including phenoxy) is 1. The van der Waals surface area contributed by atoms with Crippen LogP contribution in [0.5, 0.6) is 0 Å². The van der Waals surface area contributed by atoms with E-state index in [4.69, 9.17) is 10.00 Å². The van der Waals surface area contributed by atoms with Crippen LogP contribution in [0.4, 0.5) is 0 Å². The van der Waals surface area contributed by atoms with E-state index in [-0.39, 0.29) is 18.1 Å². The maximum absolute atomic E-state index is 8.83. The van der Waals surface area contributed by atoms with Crippen molar-refractivity contribution in [2.24, 2.45) is 11.8 Å². The number of nitriles is 1. The number of rotatable bonds is 1. The highest BCUT2D eigenvalue weighted by Crippen LogP contribution is 2.40. The molecule has 2 rings (SSSR count). The molecule has 0 aromatic carbocycles. The Bertz CT molecular complexity index is 228. The first-order valence-electron chi connectivity index (χ1n) is 4.10. The topological polar surface area (TPSA) is 33.0 Å². The molecule has 0 radical (unpaired) electrons. The molecule has 4 unspecified atom stereocenters. The van der Waals surface area contributed by atoms with E-state index in [1.165, 1.54) is 0 Å². The van der Waals surface area contributed by atoms with Gasteiger partial charge >= 0.3 is 0 Å². The van der Waals surface area contributed by atoms with Crippen molar-refractivity contribution in [2.45, 2.75) is 25.6 Å². The second-order valence-electron chi connectivity index (χ2n) is 3.18. The molecule has 0 aromatic heterocycles. The molecule has 0 N–H and O–H groups in total. The monoisotopic (exact) mass is 149 g/mol. The average Bonchev–Trinajstić information content (AvgIpc) is 2.60. The second kappa shape index (κ2) is 2.35. The lowest BCUT2D eigenvalue weighted by Gasteiger charge is -2.16. The van der Waals surface area contributed by atoms with Gasteiger partial charge in [-0.05, 0) is 6.42 Å². The van der Waals surface area contributed by atoms with Crippen LogP contribution in [-0.2, 0) is 4.74 Å². The smallest absolute Gasteiger partial charge is 0.0926 e. The summed E-state index contributed by atoms with van der Waals surface area (Å²) in [7, 11) is 0. The molecule has 0 amide bonds. The maximum Gasteiger partial charge on any atom is 0.0926 e. The lowest BCUT2D eigenvalue weighted by molar-refractivity contribution is 0.105. The Morgan fingerprint density at radius 1 is 1.45 bits per heavy atom. The molecule has 1 fully saturated rings. The van der Waals surface area contributed by atoms with Gasteiger partial charge in [-0.25, -0.2) is 0 Å². The highest BCUT2D eigenvalue weighted by molar-refractivity contribution is 5.18. The van der Waals surface area contributed by atoms with Crippen molar-refractivity contribution < 1.29 is 4.74 Å². The van der Waals surface area contributed by atoms with Gasteiger partial charge in [0.2, 0.25) is 0 Å². The van der Waals surface area contributed by atoms with Crippen molar-refractivity contribution in [3.05, 3.63) is 12.2 Å². The van der Waals surface area contributed by atoms with Crippen LogP contribution in [0.25, 0.3) is 0 Å². The van der Waals surface area contributed by atoms with Gasteiger partial charge in [0.1, 0.15) is 0 Å². The highest BCUT2D eigenvalue weighted by Gasteiger charge is 2.44. The minimum absolute atomic E-state index is 0.0925. The van der Waals surface area contributed by atoms with Crippen LogP contribution in [0.3, 0.4) is 0 Å². The molecule has 0 saturated carbocycles. The summed E-state index contributed by atoms with van der Waals surface area (Å²) < 4.78 is 5.55. The van der Waals surface area contributed by atoms with Crippen molar-refractivity contribution in [2.75, 3.05) is 0 Å². The zero-order valence-corrected chi connectivity index (χ0v) is 6.53. The van der Waals surface area contributed by atoms with Crippen LogP contribution in [-0.4, -0.2) is 12.2 Å². The Kier molecular flexibility index (Phi) is 1.47. The molecule has 11 heavy (non-hydrogen) atoms. The fraction of sp³-hybridized carbons (Fsp3) is 0.667. The predicted molar refractivity (Wildman–Crippen MR) is 40.7 cm³/mol. The lowest BCUT2D eigenvalue weighted by atomic mass is 9.82. The lowest BCUT2D eigenvalue weighted by Crippen LogP contribution is -2.21. The molecule has 0 aliphatic carbocycles. The normalized spacial score (nSPS) is 46.2. The second-order valence-corrected chi connectivity index (χ2v) is 3.18. The van der Waals surface area contributed by atoms with Crippen molar-refractivity contribution in [1.82, 2.24) is 0 Å². The number of fused-ring (bicyclic) bond motifs is 2. The molecular formula is C9H11NO. The summed E-state index contributed by atoms with van der Waals surface area (Å²) in [5.41, 5.74) is 0. The van der Waals surface area contributed by atoms with Gasteiger partial charge < -0.3 is 4.74 Å². The van der Waals surface area contributed by atoms with Crippen LogP contribution >= 0.6 is 0 Å². The summed E-state index contributed by atoms with van der Waals surface area (Å²) >= 11 is 0. The molecule has 0 aromatic rings. The van der Waals surface area contributed by atoms with Gasteiger partial charge in [0.05, 0.1) is 24.2 Å². The van der Waals surface area contributed by atoms with Gasteiger partial charge in [-0.1, -0.05) is 19.1 Å². The number of hydrogen-bond donors (Lipinski definition) is 0. The Morgan fingerprint density at radius 2 is 2.18 bits per heavy atom. The van der Waals surface area contributed by atoms with Crippen LogP contribution in [0.15, 0.2) is 12.2 Å². The van der Waals surface area contributed by atoms with E-state index >= 15 is 0 Å². The van der Waals surface area contributed by atoms with Gasteiger partial charge in [0.15, 0.2) is 0 Å². The van der Waals surface area contributed by atoms with Crippen LogP contribution in [0.2, 0.25) is 0 Å². The average molecular weight is 149 g/mol. The first kappa shape index (κ1) is 6.87. The minimum atomic E-state index is 0.0925. The maximum atomic E-state index is 8.83.